The van der Waals surface area contributed by atoms with E-state index >= 15 is 0 Å². The number of amides is 1. The molecule has 9 heteroatoms. The molecule has 0 spiro atoms. The highest BCUT2D eigenvalue weighted by molar-refractivity contribution is 7.92. The van der Waals surface area contributed by atoms with Crippen LogP contribution < -0.4 is 19.1 Å². The van der Waals surface area contributed by atoms with E-state index < -0.39 is 28.3 Å². The summed E-state index contributed by atoms with van der Waals surface area (Å²) in [6.45, 7) is 3.33. The van der Waals surface area contributed by atoms with Crippen molar-refractivity contribution in [3.63, 3.8) is 0 Å². The maximum Gasteiger partial charge on any atom is 0.264 e. The second-order valence-corrected chi connectivity index (χ2v) is 9.57. The predicted octanol–water partition coefficient (Wildman–Crippen LogP) is 4.13. The first kappa shape index (κ1) is 25.0. The number of hydrogen-bond acceptors (Lipinski definition) is 5. The number of benzene rings is 3. The third-order valence-corrected chi connectivity index (χ3v) is 6.59. The highest BCUT2D eigenvalue weighted by Crippen LogP contribution is 2.29. The molecule has 0 radical (unpaired) electrons. The number of nitrogens with one attached hydrogen (secondary N) is 1. The molecule has 0 aliphatic heterocycles. The molecule has 0 aliphatic rings. The van der Waals surface area contributed by atoms with Crippen LogP contribution in [0.25, 0.3) is 0 Å². The number of rotatable bonds is 10. The zero-order valence-corrected chi connectivity index (χ0v) is 20.0. The van der Waals surface area contributed by atoms with Gasteiger partial charge in [0.1, 0.15) is 12.4 Å². The van der Waals surface area contributed by atoms with Crippen LogP contribution in [0.3, 0.4) is 0 Å². The van der Waals surface area contributed by atoms with E-state index in [1.165, 1.54) is 37.4 Å². The number of anilines is 1. The zero-order chi connectivity index (χ0) is 24.7. The van der Waals surface area contributed by atoms with E-state index in [4.69, 9.17) is 9.47 Å². The SMILES string of the molecule is COc1cc(CNC(=O)CN(c2ccccc2F)S(=O)(=O)c2ccccc2)ccc1OC(C)C. The van der Waals surface area contributed by atoms with E-state index in [2.05, 4.69) is 5.32 Å². The molecule has 0 heterocycles. The molecule has 0 bridgehead atoms. The summed E-state index contributed by atoms with van der Waals surface area (Å²) in [6.07, 6.45) is -0.0321. The van der Waals surface area contributed by atoms with Crippen molar-refractivity contribution >= 4 is 21.6 Å². The first-order valence-electron chi connectivity index (χ1n) is 10.6. The van der Waals surface area contributed by atoms with Gasteiger partial charge in [-0.3, -0.25) is 9.10 Å². The van der Waals surface area contributed by atoms with Crippen LogP contribution in [-0.2, 0) is 21.4 Å². The first-order valence-corrected chi connectivity index (χ1v) is 12.1. The highest BCUT2D eigenvalue weighted by Gasteiger charge is 2.29. The van der Waals surface area contributed by atoms with Crippen molar-refractivity contribution in [3.8, 4) is 11.5 Å². The van der Waals surface area contributed by atoms with Crippen molar-refractivity contribution in [2.75, 3.05) is 18.0 Å². The number of carbonyl (C=O) groups is 1. The summed E-state index contributed by atoms with van der Waals surface area (Å²) in [6, 6.07) is 18.3. The fourth-order valence-electron chi connectivity index (χ4n) is 3.23. The topological polar surface area (TPSA) is 84.9 Å². The lowest BCUT2D eigenvalue weighted by molar-refractivity contribution is -0.119. The molecule has 34 heavy (non-hydrogen) atoms. The van der Waals surface area contributed by atoms with Crippen molar-refractivity contribution in [1.29, 1.82) is 0 Å². The normalized spacial score (nSPS) is 11.2. The van der Waals surface area contributed by atoms with Gasteiger partial charge in [-0.15, -0.1) is 0 Å². The Hall–Kier alpha value is -3.59. The van der Waals surface area contributed by atoms with Gasteiger partial charge in [0.25, 0.3) is 10.0 Å². The van der Waals surface area contributed by atoms with Crippen molar-refractivity contribution in [1.82, 2.24) is 5.32 Å². The molecule has 3 rings (SSSR count). The summed E-state index contributed by atoms with van der Waals surface area (Å²) in [5, 5.41) is 2.69. The van der Waals surface area contributed by atoms with Crippen LogP contribution in [0.4, 0.5) is 10.1 Å². The van der Waals surface area contributed by atoms with Gasteiger partial charge < -0.3 is 14.8 Å². The molecular weight excluding hydrogens is 459 g/mol. The molecule has 0 aromatic heterocycles. The van der Waals surface area contributed by atoms with Gasteiger partial charge in [-0.25, -0.2) is 12.8 Å². The van der Waals surface area contributed by atoms with Gasteiger partial charge in [-0.2, -0.15) is 0 Å². The Balaban J connectivity index is 1.80. The van der Waals surface area contributed by atoms with Crippen LogP contribution in [0.15, 0.2) is 77.7 Å². The minimum absolute atomic E-state index is 0.0321. The average Bonchev–Trinajstić information content (AvgIpc) is 2.82. The Morgan fingerprint density at radius 3 is 2.32 bits per heavy atom. The summed E-state index contributed by atoms with van der Waals surface area (Å²) < 4.78 is 52.9. The minimum Gasteiger partial charge on any atom is -0.493 e. The molecular formula is C25H27FN2O5S. The Bertz CT molecular complexity index is 1230. The van der Waals surface area contributed by atoms with Gasteiger partial charge in [-0.1, -0.05) is 36.4 Å². The second kappa shape index (κ2) is 11.0. The van der Waals surface area contributed by atoms with Crippen LogP contribution in [0.1, 0.15) is 19.4 Å². The highest BCUT2D eigenvalue weighted by atomic mass is 32.2. The predicted molar refractivity (Wildman–Crippen MR) is 128 cm³/mol. The second-order valence-electron chi connectivity index (χ2n) is 7.70. The Labute approximate surface area is 199 Å². The quantitative estimate of drug-likeness (QED) is 0.466. The Morgan fingerprint density at radius 1 is 1.00 bits per heavy atom. The number of nitrogens with zero attached hydrogens (tertiary/aromatic N) is 1. The number of para-hydroxylation sites is 1. The summed E-state index contributed by atoms with van der Waals surface area (Å²) in [7, 11) is -2.67. The van der Waals surface area contributed by atoms with E-state index in [1.54, 1.807) is 36.4 Å². The summed E-state index contributed by atoms with van der Waals surface area (Å²) in [4.78, 5) is 12.7. The molecule has 0 saturated carbocycles. The fourth-order valence-corrected chi connectivity index (χ4v) is 4.68. The number of carbonyl (C=O) groups excluding carboxylic acids is 1. The van der Waals surface area contributed by atoms with E-state index in [-0.39, 0.29) is 23.2 Å². The Kier molecular flexibility index (Phi) is 8.12. The first-order chi connectivity index (χ1) is 16.2. The Morgan fingerprint density at radius 2 is 1.68 bits per heavy atom. The monoisotopic (exact) mass is 486 g/mol. The van der Waals surface area contributed by atoms with Gasteiger partial charge in [0.2, 0.25) is 5.91 Å². The van der Waals surface area contributed by atoms with Crippen LogP contribution in [0.5, 0.6) is 11.5 Å². The minimum atomic E-state index is -4.19. The molecule has 1 amide bonds. The fraction of sp³-hybridized carbons (Fsp3) is 0.240. The van der Waals surface area contributed by atoms with Gasteiger partial charge in [0.15, 0.2) is 11.5 Å². The molecule has 0 atom stereocenters. The van der Waals surface area contributed by atoms with Gasteiger partial charge >= 0.3 is 0 Å². The molecule has 0 saturated heterocycles. The summed E-state index contributed by atoms with van der Waals surface area (Å²) in [5.74, 6) is -0.253. The molecule has 180 valence electrons. The van der Waals surface area contributed by atoms with E-state index in [1.807, 2.05) is 13.8 Å². The van der Waals surface area contributed by atoms with Gasteiger partial charge in [0, 0.05) is 6.54 Å². The molecule has 3 aromatic rings. The molecule has 0 fully saturated rings. The molecule has 3 aromatic carbocycles. The molecule has 0 unspecified atom stereocenters. The summed E-state index contributed by atoms with van der Waals surface area (Å²) in [5.41, 5.74) is 0.517. The lowest BCUT2D eigenvalue weighted by Gasteiger charge is -2.24. The standard InChI is InChI=1S/C25H27FN2O5S/c1-18(2)33-23-14-13-19(15-24(23)32-3)16-27-25(29)17-28(22-12-8-7-11-21(22)26)34(30,31)20-9-5-4-6-10-20/h4-15,18H,16-17H2,1-3H3,(H,27,29). The largest absolute Gasteiger partial charge is 0.493 e. The maximum atomic E-state index is 14.5. The van der Waals surface area contributed by atoms with Gasteiger partial charge in [0.05, 0.1) is 23.8 Å². The zero-order valence-electron chi connectivity index (χ0n) is 19.2. The van der Waals surface area contributed by atoms with Crippen LogP contribution >= 0.6 is 0 Å². The van der Waals surface area contributed by atoms with Crippen molar-refractivity contribution in [3.05, 3.63) is 84.2 Å². The van der Waals surface area contributed by atoms with Gasteiger partial charge in [-0.05, 0) is 55.8 Å². The molecule has 1 N–H and O–H groups in total. The van der Waals surface area contributed by atoms with E-state index in [0.29, 0.717) is 11.5 Å². The summed E-state index contributed by atoms with van der Waals surface area (Å²) >= 11 is 0. The molecule has 0 aliphatic carbocycles. The third kappa shape index (κ3) is 6.05. The lowest BCUT2D eigenvalue weighted by Crippen LogP contribution is -2.41. The number of ether oxygens (including phenoxy) is 2. The smallest absolute Gasteiger partial charge is 0.264 e. The average molecular weight is 487 g/mol. The van der Waals surface area contributed by atoms with E-state index in [9.17, 15) is 17.6 Å². The number of halogens is 1. The number of methoxy groups -OCH3 is 1. The van der Waals surface area contributed by atoms with Crippen molar-refractivity contribution < 1.29 is 27.1 Å². The number of hydrogen-bond donors (Lipinski definition) is 1. The number of sulfonamides is 1. The van der Waals surface area contributed by atoms with Crippen molar-refractivity contribution in [2.24, 2.45) is 0 Å². The maximum absolute atomic E-state index is 14.5. The third-order valence-electron chi connectivity index (χ3n) is 4.82. The van der Waals surface area contributed by atoms with E-state index in [0.717, 1.165) is 15.9 Å². The molecule has 7 nitrogen and oxygen atoms in total. The lowest BCUT2D eigenvalue weighted by atomic mass is 10.2. The van der Waals surface area contributed by atoms with Crippen molar-refractivity contribution in [2.45, 2.75) is 31.4 Å². The van der Waals surface area contributed by atoms with Crippen LogP contribution in [-0.4, -0.2) is 34.1 Å². The van der Waals surface area contributed by atoms with Crippen LogP contribution in [0, 0.1) is 5.82 Å². The van der Waals surface area contributed by atoms with Crippen LogP contribution in [0.2, 0.25) is 0 Å².